The van der Waals surface area contributed by atoms with Crippen molar-refractivity contribution in [1.82, 2.24) is 15.5 Å². The first-order valence-electron chi connectivity index (χ1n) is 7.60. The lowest BCUT2D eigenvalue weighted by atomic mass is 9.88. The Morgan fingerprint density at radius 3 is 2.14 bits per heavy atom. The summed E-state index contributed by atoms with van der Waals surface area (Å²) in [5.41, 5.74) is -1.22. The zero-order valence-corrected chi connectivity index (χ0v) is 13.7. The molecule has 0 radical (unpaired) electrons. The van der Waals surface area contributed by atoms with E-state index in [1.165, 1.54) is 0 Å². The third-order valence-electron chi connectivity index (χ3n) is 3.42. The molecule has 0 saturated carbocycles. The summed E-state index contributed by atoms with van der Waals surface area (Å²) in [6.45, 7) is 9.30. The highest BCUT2D eigenvalue weighted by Gasteiger charge is 2.50. The van der Waals surface area contributed by atoms with E-state index in [0.717, 1.165) is 17.7 Å². The first-order valence-corrected chi connectivity index (χ1v) is 7.60. The van der Waals surface area contributed by atoms with Crippen LogP contribution < -0.4 is 10.6 Å². The van der Waals surface area contributed by atoms with Crippen molar-refractivity contribution in [3.05, 3.63) is 0 Å². The summed E-state index contributed by atoms with van der Waals surface area (Å²) in [7, 11) is 0. The van der Waals surface area contributed by atoms with Gasteiger partial charge in [-0.3, -0.25) is 14.5 Å². The summed E-state index contributed by atoms with van der Waals surface area (Å²) in [5.74, 6) is -0.602. The molecule has 0 aliphatic carbocycles. The van der Waals surface area contributed by atoms with Crippen LogP contribution in [0.15, 0.2) is 0 Å². The van der Waals surface area contributed by atoms with Gasteiger partial charge in [0, 0.05) is 5.54 Å². The van der Waals surface area contributed by atoms with Crippen LogP contribution in [-0.2, 0) is 9.59 Å². The van der Waals surface area contributed by atoms with E-state index in [1.54, 1.807) is 0 Å². The maximum Gasteiger partial charge on any atom is 0.325 e. The van der Waals surface area contributed by atoms with E-state index in [9.17, 15) is 14.4 Å². The van der Waals surface area contributed by atoms with Gasteiger partial charge < -0.3 is 10.6 Å². The smallest absolute Gasteiger partial charge is 0.325 e. The Hall–Kier alpha value is -1.59. The van der Waals surface area contributed by atoms with Gasteiger partial charge in [0.25, 0.3) is 5.91 Å². The second kappa shape index (κ2) is 6.45. The Labute approximate surface area is 126 Å². The lowest BCUT2D eigenvalue weighted by Crippen LogP contribution is -2.49. The molecule has 0 atom stereocenters. The summed E-state index contributed by atoms with van der Waals surface area (Å²) < 4.78 is 0. The molecule has 1 heterocycles. The monoisotopic (exact) mass is 297 g/mol. The minimum absolute atomic E-state index is 0.225. The van der Waals surface area contributed by atoms with E-state index >= 15 is 0 Å². The number of nitrogens with zero attached hydrogens (tertiary/aromatic N) is 1. The van der Waals surface area contributed by atoms with Crippen molar-refractivity contribution in [3.8, 4) is 0 Å². The first kappa shape index (κ1) is 17.5. The average Bonchev–Trinajstić information content (AvgIpc) is 2.53. The Morgan fingerprint density at radius 1 is 1.19 bits per heavy atom. The molecule has 0 bridgehead atoms. The van der Waals surface area contributed by atoms with Crippen LogP contribution in [0.4, 0.5) is 4.79 Å². The second-order valence-electron chi connectivity index (χ2n) is 6.70. The molecule has 1 fully saturated rings. The molecule has 6 nitrogen and oxygen atoms in total. The lowest BCUT2D eigenvalue weighted by molar-refractivity contribution is -0.135. The lowest BCUT2D eigenvalue weighted by Gasteiger charge is -2.26. The third-order valence-corrected chi connectivity index (χ3v) is 3.42. The van der Waals surface area contributed by atoms with Crippen molar-refractivity contribution >= 4 is 17.8 Å². The topological polar surface area (TPSA) is 78.5 Å². The van der Waals surface area contributed by atoms with E-state index in [4.69, 9.17) is 0 Å². The Bertz CT molecular complexity index is 420. The number of urea groups is 1. The molecule has 1 saturated heterocycles. The quantitative estimate of drug-likeness (QED) is 0.734. The van der Waals surface area contributed by atoms with E-state index < -0.39 is 11.6 Å². The van der Waals surface area contributed by atoms with Crippen molar-refractivity contribution < 1.29 is 14.4 Å². The van der Waals surface area contributed by atoms with E-state index in [1.807, 2.05) is 34.6 Å². The van der Waals surface area contributed by atoms with Gasteiger partial charge in [0.1, 0.15) is 12.1 Å². The Kier molecular flexibility index (Phi) is 5.36. The van der Waals surface area contributed by atoms with Crippen LogP contribution in [0.3, 0.4) is 0 Å². The van der Waals surface area contributed by atoms with Crippen molar-refractivity contribution in [2.24, 2.45) is 0 Å². The molecule has 0 spiro atoms. The largest absolute Gasteiger partial charge is 0.350 e. The van der Waals surface area contributed by atoms with Gasteiger partial charge in [0.2, 0.25) is 5.91 Å². The number of carbonyl (C=O) groups is 3. The number of amides is 4. The molecular weight excluding hydrogens is 270 g/mol. The number of rotatable bonds is 6. The zero-order valence-electron chi connectivity index (χ0n) is 13.7. The summed E-state index contributed by atoms with van der Waals surface area (Å²) in [5, 5.41) is 5.56. The fraction of sp³-hybridized carbons (Fsp3) is 0.800. The highest BCUT2D eigenvalue weighted by molar-refractivity contribution is 6.09. The van der Waals surface area contributed by atoms with Crippen LogP contribution in [0.25, 0.3) is 0 Å². The standard InChI is InChI=1S/C15H27N3O3/c1-6-8-15(9-7-2)12(20)18(13(21)17-15)10-11(19)16-14(3,4)5/h6-10H2,1-5H3,(H,16,19)(H,17,21). The predicted molar refractivity (Wildman–Crippen MR) is 80.7 cm³/mol. The third kappa shape index (κ3) is 4.19. The van der Waals surface area contributed by atoms with Crippen LogP contribution in [-0.4, -0.2) is 40.4 Å². The maximum atomic E-state index is 12.6. The van der Waals surface area contributed by atoms with Gasteiger partial charge in [-0.05, 0) is 33.6 Å². The first-order chi connectivity index (χ1) is 9.65. The molecule has 120 valence electrons. The van der Waals surface area contributed by atoms with Crippen LogP contribution in [0.1, 0.15) is 60.3 Å². The predicted octanol–water partition coefficient (Wildman–Crippen LogP) is 1.79. The van der Waals surface area contributed by atoms with Crippen molar-refractivity contribution in [1.29, 1.82) is 0 Å². The number of hydrogen-bond donors (Lipinski definition) is 2. The number of nitrogens with one attached hydrogen (secondary N) is 2. The molecule has 1 rings (SSSR count). The molecule has 0 aromatic heterocycles. The second-order valence-corrected chi connectivity index (χ2v) is 6.70. The minimum atomic E-state index is -0.831. The molecule has 0 aromatic carbocycles. The van der Waals surface area contributed by atoms with Crippen LogP contribution >= 0.6 is 0 Å². The van der Waals surface area contributed by atoms with Crippen molar-refractivity contribution in [2.45, 2.75) is 71.4 Å². The highest BCUT2D eigenvalue weighted by atomic mass is 16.2. The molecule has 0 unspecified atom stereocenters. The highest BCUT2D eigenvalue weighted by Crippen LogP contribution is 2.27. The van der Waals surface area contributed by atoms with E-state index in [2.05, 4.69) is 10.6 Å². The maximum absolute atomic E-state index is 12.6. The number of imide groups is 1. The van der Waals surface area contributed by atoms with Crippen LogP contribution in [0.5, 0.6) is 0 Å². The van der Waals surface area contributed by atoms with Gasteiger partial charge in [0.15, 0.2) is 0 Å². The molecular formula is C15H27N3O3. The van der Waals surface area contributed by atoms with Gasteiger partial charge in [0.05, 0.1) is 0 Å². The molecule has 0 aromatic rings. The summed E-state index contributed by atoms with van der Waals surface area (Å²) in [6.07, 6.45) is 2.80. The number of carbonyl (C=O) groups excluding carboxylic acids is 3. The molecule has 1 aliphatic rings. The molecule has 4 amide bonds. The van der Waals surface area contributed by atoms with Gasteiger partial charge in [-0.1, -0.05) is 26.7 Å². The minimum Gasteiger partial charge on any atom is -0.350 e. The SMILES string of the molecule is CCCC1(CCC)NC(=O)N(CC(=O)NC(C)(C)C)C1=O. The van der Waals surface area contributed by atoms with Crippen molar-refractivity contribution in [2.75, 3.05) is 6.54 Å². The van der Waals surface area contributed by atoms with Gasteiger partial charge in [-0.15, -0.1) is 0 Å². The Balaban J connectivity index is 2.83. The molecule has 21 heavy (non-hydrogen) atoms. The van der Waals surface area contributed by atoms with Crippen LogP contribution in [0, 0.1) is 0 Å². The van der Waals surface area contributed by atoms with E-state index in [0.29, 0.717) is 12.8 Å². The van der Waals surface area contributed by atoms with Gasteiger partial charge >= 0.3 is 6.03 Å². The fourth-order valence-corrected chi connectivity index (χ4v) is 2.74. The summed E-state index contributed by atoms with van der Waals surface area (Å²) >= 11 is 0. The Morgan fingerprint density at radius 2 is 1.71 bits per heavy atom. The average molecular weight is 297 g/mol. The molecule has 1 aliphatic heterocycles. The summed E-state index contributed by atoms with van der Waals surface area (Å²) in [4.78, 5) is 37.6. The summed E-state index contributed by atoms with van der Waals surface area (Å²) in [6, 6.07) is -0.467. The van der Waals surface area contributed by atoms with Gasteiger partial charge in [-0.2, -0.15) is 0 Å². The fourth-order valence-electron chi connectivity index (χ4n) is 2.74. The number of hydrogen-bond acceptors (Lipinski definition) is 3. The normalized spacial score (nSPS) is 17.9. The van der Waals surface area contributed by atoms with Crippen LogP contribution in [0.2, 0.25) is 0 Å². The van der Waals surface area contributed by atoms with Crippen molar-refractivity contribution in [3.63, 3.8) is 0 Å². The molecule has 2 N–H and O–H groups in total. The zero-order chi connectivity index (χ0) is 16.3. The van der Waals surface area contributed by atoms with E-state index in [-0.39, 0.29) is 23.9 Å². The van der Waals surface area contributed by atoms with Gasteiger partial charge in [-0.25, -0.2) is 4.79 Å². The molecule has 6 heteroatoms.